The minimum atomic E-state index is -4.43. The molecule has 0 spiro atoms. The third kappa shape index (κ3) is 3.28. The second-order valence-electron chi connectivity index (χ2n) is 4.61. The number of halogens is 3. The number of aromatic nitrogens is 5. The molecule has 2 aromatic heterocycles. The largest absolute Gasteiger partial charge is 0.439 e. The molecule has 0 N–H and O–H groups in total. The lowest BCUT2D eigenvalue weighted by Crippen LogP contribution is -2.04. The van der Waals surface area contributed by atoms with Crippen molar-refractivity contribution in [2.75, 3.05) is 0 Å². The predicted octanol–water partition coefficient (Wildman–Crippen LogP) is 3.08. The number of ether oxygens (including phenoxy) is 1. The standard InChI is InChI=1S/C14H10F3N5O/c1-22-13(19-20-21-22)11-6-3-7-12(18-11)23-10-5-2-4-9(8-10)14(15,16)17/h2-8H,1H3. The van der Waals surface area contributed by atoms with Crippen LogP contribution in [0.5, 0.6) is 11.6 Å². The molecular weight excluding hydrogens is 311 g/mol. The first-order chi connectivity index (χ1) is 10.9. The lowest BCUT2D eigenvalue weighted by atomic mass is 10.2. The highest BCUT2D eigenvalue weighted by Gasteiger charge is 2.30. The first-order valence-electron chi connectivity index (χ1n) is 6.48. The maximum absolute atomic E-state index is 12.7. The van der Waals surface area contributed by atoms with Gasteiger partial charge in [-0.05, 0) is 34.7 Å². The van der Waals surface area contributed by atoms with Gasteiger partial charge in [0.15, 0.2) is 0 Å². The van der Waals surface area contributed by atoms with Gasteiger partial charge in [0.25, 0.3) is 0 Å². The van der Waals surface area contributed by atoms with Crippen molar-refractivity contribution in [3.05, 3.63) is 48.0 Å². The molecule has 6 nitrogen and oxygen atoms in total. The number of alkyl halides is 3. The molecule has 9 heteroatoms. The summed E-state index contributed by atoms with van der Waals surface area (Å²) in [6.45, 7) is 0. The molecule has 0 unspecified atom stereocenters. The Morgan fingerprint density at radius 1 is 1.09 bits per heavy atom. The van der Waals surface area contributed by atoms with Crippen LogP contribution in [0.4, 0.5) is 13.2 Å². The Labute approximate surface area is 128 Å². The number of hydrogen-bond acceptors (Lipinski definition) is 5. The third-order valence-electron chi connectivity index (χ3n) is 2.96. The number of tetrazole rings is 1. The average molecular weight is 321 g/mol. The number of nitrogens with zero attached hydrogens (tertiary/aromatic N) is 5. The summed E-state index contributed by atoms with van der Waals surface area (Å²) < 4.78 is 44.9. The fraction of sp³-hybridized carbons (Fsp3) is 0.143. The van der Waals surface area contributed by atoms with Crippen LogP contribution >= 0.6 is 0 Å². The smallest absolute Gasteiger partial charge is 0.416 e. The van der Waals surface area contributed by atoms with Crippen LogP contribution in [0.15, 0.2) is 42.5 Å². The van der Waals surface area contributed by atoms with Crippen molar-refractivity contribution < 1.29 is 17.9 Å². The van der Waals surface area contributed by atoms with E-state index in [4.69, 9.17) is 4.74 Å². The SMILES string of the molecule is Cn1nnnc1-c1cccc(Oc2cccc(C(F)(F)F)c2)n1. The van der Waals surface area contributed by atoms with Gasteiger partial charge in [-0.2, -0.15) is 13.2 Å². The summed E-state index contributed by atoms with van der Waals surface area (Å²) in [6.07, 6.45) is -4.43. The summed E-state index contributed by atoms with van der Waals surface area (Å²) in [5, 5.41) is 11.0. The molecule has 3 aromatic rings. The number of benzene rings is 1. The van der Waals surface area contributed by atoms with Crippen molar-refractivity contribution in [1.82, 2.24) is 25.2 Å². The molecule has 0 fully saturated rings. The van der Waals surface area contributed by atoms with Crippen LogP contribution in [0.25, 0.3) is 11.5 Å². The first-order valence-corrected chi connectivity index (χ1v) is 6.48. The molecule has 0 radical (unpaired) electrons. The molecule has 0 saturated heterocycles. The van der Waals surface area contributed by atoms with Gasteiger partial charge in [-0.3, -0.25) is 0 Å². The van der Waals surface area contributed by atoms with E-state index in [0.717, 1.165) is 12.1 Å². The second-order valence-corrected chi connectivity index (χ2v) is 4.61. The number of pyridine rings is 1. The van der Waals surface area contributed by atoms with E-state index in [1.54, 1.807) is 19.2 Å². The Morgan fingerprint density at radius 2 is 1.87 bits per heavy atom. The van der Waals surface area contributed by atoms with Gasteiger partial charge >= 0.3 is 6.18 Å². The van der Waals surface area contributed by atoms with Crippen molar-refractivity contribution in [1.29, 1.82) is 0 Å². The molecule has 3 rings (SSSR count). The Kier molecular flexibility index (Phi) is 3.68. The molecule has 0 aliphatic carbocycles. The highest BCUT2D eigenvalue weighted by molar-refractivity contribution is 5.49. The highest BCUT2D eigenvalue weighted by atomic mass is 19.4. The second kappa shape index (κ2) is 5.67. The van der Waals surface area contributed by atoms with Gasteiger partial charge in [0.1, 0.15) is 11.4 Å². The van der Waals surface area contributed by atoms with Crippen molar-refractivity contribution in [2.24, 2.45) is 7.05 Å². The number of rotatable bonds is 3. The molecule has 0 aliphatic rings. The summed E-state index contributed by atoms with van der Waals surface area (Å²) in [5.41, 5.74) is -0.342. The van der Waals surface area contributed by atoms with Crippen LogP contribution in [0, 0.1) is 0 Å². The molecule has 0 atom stereocenters. The quantitative estimate of drug-likeness (QED) is 0.741. The zero-order chi connectivity index (χ0) is 16.4. The van der Waals surface area contributed by atoms with E-state index >= 15 is 0 Å². The van der Waals surface area contributed by atoms with Crippen LogP contribution < -0.4 is 4.74 Å². The van der Waals surface area contributed by atoms with Gasteiger partial charge in [-0.15, -0.1) is 5.10 Å². The summed E-state index contributed by atoms with van der Waals surface area (Å²) in [4.78, 5) is 4.20. The van der Waals surface area contributed by atoms with Crippen molar-refractivity contribution in [3.8, 4) is 23.1 Å². The number of hydrogen-bond donors (Lipinski definition) is 0. The molecule has 1 aromatic carbocycles. The molecule has 0 saturated carbocycles. The summed E-state index contributed by atoms with van der Waals surface area (Å²) in [7, 11) is 1.65. The minimum Gasteiger partial charge on any atom is -0.439 e. The molecule has 23 heavy (non-hydrogen) atoms. The van der Waals surface area contributed by atoms with E-state index in [2.05, 4.69) is 20.5 Å². The molecule has 0 bridgehead atoms. The fourth-order valence-electron chi connectivity index (χ4n) is 1.90. The Bertz CT molecular complexity index is 831. The zero-order valence-corrected chi connectivity index (χ0v) is 11.8. The highest BCUT2D eigenvalue weighted by Crippen LogP contribution is 2.32. The molecule has 0 amide bonds. The van der Waals surface area contributed by atoms with E-state index in [1.165, 1.54) is 22.9 Å². The lowest BCUT2D eigenvalue weighted by Gasteiger charge is -2.10. The summed E-state index contributed by atoms with van der Waals surface area (Å²) in [6, 6.07) is 9.44. The molecule has 118 valence electrons. The molecule has 0 aliphatic heterocycles. The van der Waals surface area contributed by atoms with Gasteiger partial charge in [0.05, 0.1) is 5.56 Å². The third-order valence-corrected chi connectivity index (χ3v) is 2.96. The van der Waals surface area contributed by atoms with Crippen LogP contribution in [0.2, 0.25) is 0 Å². The number of aryl methyl sites for hydroxylation is 1. The maximum Gasteiger partial charge on any atom is 0.416 e. The van der Waals surface area contributed by atoms with Gasteiger partial charge in [-0.1, -0.05) is 12.1 Å². The lowest BCUT2D eigenvalue weighted by molar-refractivity contribution is -0.137. The Balaban J connectivity index is 1.88. The Hall–Kier alpha value is -2.97. The van der Waals surface area contributed by atoms with Gasteiger partial charge in [0.2, 0.25) is 11.7 Å². The molecular formula is C14H10F3N5O. The van der Waals surface area contributed by atoms with Gasteiger partial charge in [0, 0.05) is 13.1 Å². The van der Waals surface area contributed by atoms with Crippen LogP contribution in [0.3, 0.4) is 0 Å². The van der Waals surface area contributed by atoms with Gasteiger partial charge < -0.3 is 4.74 Å². The van der Waals surface area contributed by atoms with Crippen LogP contribution in [0.1, 0.15) is 5.56 Å². The van der Waals surface area contributed by atoms with E-state index in [0.29, 0.717) is 11.5 Å². The first kappa shape index (κ1) is 14.9. The average Bonchev–Trinajstić information content (AvgIpc) is 2.93. The van der Waals surface area contributed by atoms with Crippen LogP contribution in [-0.2, 0) is 13.2 Å². The maximum atomic E-state index is 12.7. The van der Waals surface area contributed by atoms with E-state index in [1.807, 2.05) is 0 Å². The van der Waals surface area contributed by atoms with E-state index in [-0.39, 0.29) is 11.6 Å². The minimum absolute atomic E-state index is 0.0422. The van der Waals surface area contributed by atoms with Crippen molar-refractivity contribution in [3.63, 3.8) is 0 Å². The predicted molar refractivity (Wildman–Crippen MR) is 73.5 cm³/mol. The van der Waals surface area contributed by atoms with Gasteiger partial charge in [-0.25, -0.2) is 9.67 Å². The van der Waals surface area contributed by atoms with Crippen molar-refractivity contribution in [2.45, 2.75) is 6.18 Å². The molecule has 2 heterocycles. The van der Waals surface area contributed by atoms with E-state index in [9.17, 15) is 13.2 Å². The fourth-order valence-corrected chi connectivity index (χ4v) is 1.90. The zero-order valence-electron chi connectivity index (χ0n) is 11.8. The van der Waals surface area contributed by atoms with Crippen molar-refractivity contribution >= 4 is 0 Å². The van der Waals surface area contributed by atoms with E-state index < -0.39 is 11.7 Å². The summed E-state index contributed by atoms with van der Waals surface area (Å²) >= 11 is 0. The summed E-state index contributed by atoms with van der Waals surface area (Å²) in [5.74, 6) is 0.602. The topological polar surface area (TPSA) is 65.7 Å². The Morgan fingerprint density at radius 3 is 2.57 bits per heavy atom. The van der Waals surface area contributed by atoms with Crippen LogP contribution in [-0.4, -0.2) is 25.2 Å². The normalized spacial score (nSPS) is 11.5. The monoisotopic (exact) mass is 321 g/mol.